The number of piperidine rings is 1. The number of hydrogen-bond donors (Lipinski definition) is 0. The summed E-state index contributed by atoms with van der Waals surface area (Å²) in [7, 11) is 0. The number of hydrogen-bond acceptors (Lipinski definition) is 4. The third-order valence-electron chi connectivity index (χ3n) is 6.11. The summed E-state index contributed by atoms with van der Waals surface area (Å²) >= 11 is 0. The normalized spacial score (nSPS) is 17.6. The van der Waals surface area contributed by atoms with Crippen LogP contribution in [0.3, 0.4) is 0 Å². The third kappa shape index (κ3) is 2.55. The summed E-state index contributed by atoms with van der Waals surface area (Å²) in [5.41, 5.74) is 4.19. The van der Waals surface area contributed by atoms with Crippen LogP contribution in [0.5, 0.6) is 0 Å². The lowest BCUT2D eigenvalue weighted by Gasteiger charge is -2.39. The minimum Gasteiger partial charge on any atom is -0.337 e. The monoisotopic (exact) mass is 373 g/mol. The van der Waals surface area contributed by atoms with Gasteiger partial charge in [-0.2, -0.15) is 10.1 Å². The number of fused-ring (bicyclic) bond motifs is 3. The van der Waals surface area contributed by atoms with Crippen LogP contribution in [0, 0.1) is 0 Å². The number of nitrogens with zero attached hydrogens (tertiary/aromatic N) is 5. The van der Waals surface area contributed by atoms with E-state index in [0.29, 0.717) is 11.5 Å². The molecule has 1 aromatic carbocycles. The Hall–Kier alpha value is -3.02. The van der Waals surface area contributed by atoms with Crippen LogP contribution in [0.1, 0.15) is 59.9 Å². The SMILES string of the molecule is CC(C)c1cc(C(=O)N2CCC3(C=Cc4ccccc43)CC2)nc2ncnn12. The third-order valence-corrected chi connectivity index (χ3v) is 6.11. The molecule has 0 bridgehead atoms. The van der Waals surface area contributed by atoms with E-state index in [4.69, 9.17) is 0 Å². The molecule has 142 valence electrons. The standard InChI is InChI=1S/C22H23N5O/c1-15(2)19-13-18(25-21-23-14-24-27(19)21)20(28)26-11-9-22(10-12-26)8-7-16-5-3-4-6-17(16)22/h3-8,13-15H,9-12H2,1-2H3. The molecular weight excluding hydrogens is 350 g/mol. The van der Waals surface area contributed by atoms with E-state index in [1.54, 1.807) is 4.52 Å². The molecule has 0 N–H and O–H groups in total. The van der Waals surface area contributed by atoms with Crippen molar-refractivity contribution in [2.75, 3.05) is 13.1 Å². The molecule has 5 rings (SSSR count). The van der Waals surface area contributed by atoms with Gasteiger partial charge in [0.1, 0.15) is 12.0 Å². The van der Waals surface area contributed by atoms with Gasteiger partial charge >= 0.3 is 0 Å². The maximum absolute atomic E-state index is 13.2. The van der Waals surface area contributed by atoms with Crippen molar-refractivity contribution in [2.24, 2.45) is 0 Å². The van der Waals surface area contributed by atoms with Crippen molar-refractivity contribution in [3.8, 4) is 0 Å². The first kappa shape index (κ1) is 17.1. The maximum Gasteiger partial charge on any atom is 0.272 e. The molecule has 1 fully saturated rings. The molecule has 1 aliphatic heterocycles. The Bertz CT molecular complexity index is 1090. The van der Waals surface area contributed by atoms with E-state index in [0.717, 1.165) is 31.6 Å². The van der Waals surface area contributed by atoms with Gasteiger partial charge in [0.05, 0.1) is 5.69 Å². The molecule has 3 heterocycles. The van der Waals surface area contributed by atoms with Gasteiger partial charge in [-0.25, -0.2) is 9.50 Å². The Morgan fingerprint density at radius 1 is 1.18 bits per heavy atom. The Kier molecular flexibility index (Phi) is 3.82. The minimum atomic E-state index is -0.0162. The van der Waals surface area contributed by atoms with E-state index in [-0.39, 0.29) is 17.2 Å². The molecule has 6 heteroatoms. The van der Waals surface area contributed by atoms with Crippen LogP contribution in [0.25, 0.3) is 11.9 Å². The Morgan fingerprint density at radius 2 is 1.96 bits per heavy atom. The van der Waals surface area contributed by atoms with Gasteiger partial charge < -0.3 is 4.90 Å². The highest BCUT2D eigenvalue weighted by atomic mass is 16.2. The molecule has 6 nitrogen and oxygen atoms in total. The number of carbonyl (C=O) groups is 1. The summed E-state index contributed by atoms with van der Waals surface area (Å²) in [5.74, 6) is 0.691. The molecule has 1 aliphatic carbocycles. The van der Waals surface area contributed by atoms with E-state index in [1.807, 2.05) is 11.0 Å². The van der Waals surface area contributed by atoms with Crippen LogP contribution in [-0.4, -0.2) is 43.5 Å². The highest BCUT2D eigenvalue weighted by molar-refractivity contribution is 5.93. The quantitative estimate of drug-likeness (QED) is 0.690. The van der Waals surface area contributed by atoms with Crippen molar-refractivity contribution < 1.29 is 4.79 Å². The fraction of sp³-hybridized carbons (Fsp3) is 0.364. The molecule has 3 aromatic rings. The lowest BCUT2D eigenvalue weighted by Crippen LogP contribution is -2.44. The molecule has 0 atom stereocenters. The average molecular weight is 373 g/mol. The first-order valence-electron chi connectivity index (χ1n) is 9.86. The second kappa shape index (κ2) is 6.26. The number of likely N-dealkylation sites (tertiary alicyclic amines) is 1. The van der Waals surface area contributed by atoms with Crippen LogP contribution >= 0.6 is 0 Å². The summed E-state index contributed by atoms with van der Waals surface area (Å²) in [4.78, 5) is 23.8. The van der Waals surface area contributed by atoms with Crippen molar-refractivity contribution in [1.82, 2.24) is 24.5 Å². The number of benzene rings is 1. The lowest BCUT2D eigenvalue weighted by atomic mass is 9.74. The second-order valence-electron chi connectivity index (χ2n) is 8.06. The topological polar surface area (TPSA) is 63.4 Å². The smallest absolute Gasteiger partial charge is 0.272 e. The van der Waals surface area contributed by atoms with E-state index < -0.39 is 0 Å². The van der Waals surface area contributed by atoms with Crippen LogP contribution in [0.2, 0.25) is 0 Å². The lowest BCUT2D eigenvalue weighted by molar-refractivity contribution is 0.0684. The van der Waals surface area contributed by atoms with Crippen LogP contribution < -0.4 is 0 Å². The summed E-state index contributed by atoms with van der Waals surface area (Å²) in [5, 5.41) is 4.23. The zero-order valence-corrected chi connectivity index (χ0v) is 16.2. The number of amides is 1. The largest absolute Gasteiger partial charge is 0.337 e. The molecule has 0 unspecified atom stereocenters. The van der Waals surface area contributed by atoms with Crippen molar-refractivity contribution in [2.45, 2.75) is 38.0 Å². The summed E-state index contributed by atoms with van der Waals surface area (Å²) in [6, 6.07) is 10.4. The fourth-order valence-corrected chi connectivity index (χ4v) is 4.50. The number of carbonyl (C=O) groups excluding carboxylic acids is 1. The van der Waals surface area contributed by atoms with Gasteiger partial charge in [-0.15, -0.1) is 0 Å². The van der Waals surface area contributed by atoms with E-state index in [1.165, 1.54) is 17.5 Å². The number of aromatic nitrogens is 4. The predicted molar refractivity (Wildman–Crippen MR) is 107 cm³/mol. The van der Waals surface area contributed by atoms with Crippen molar-refractivity contribution in [1.29, 1.82) is 0 Å². The van der Waals surface area contributed by atoms with E-state index >= 15 is 0 Å². The summed E-state index contributed by atoms with van der Waals surface area (Å²) in [6.07, 6.45) is 7.92. The van der Waals surface area contributed by atoms with Gasteiger partial charge in [-0.1, -0.05) is 50.3 Å². The summed E-state index contributed by atoms with van der Waals surface area (Å²) in [6.45, 7) is 5.63. The van der Waals surface area contributed by atoms with Crippen molar-refractivity contribution >= 4 is 17.8 Å². The minimum absolute atomic E-state index is 0.0162. The van der Waals surface area contributed by atoms with Gasteiger partial charge in [-0.3, -0.25) is 4.79 Å². The van der Waals surface area contributed by atoms with Crippen LogP contribution in [0.4, 0.5) is 0 Å². The molecule has 2 aromatic heterocycles. The maximum atomic E-state index is 13.2. The first-order valence-corrected chi connectivity index (χ1v) is 9.86. The molecule has 2 aliphatic rings. The molecule has 1 amide bonds. The van der Waals surface area contributed by atoms with Gasteiger partial charge in [-0.05, 0) is 36.0 Å². The number of allylic oxidation sites excluding steroid dienone is 1. The van der Waals surface area contributed by atoms with Gasteiger partial charge in [0.25, 0.3) is 11.7 Å². The molecule has 1 spiro atoms. The van der Waals surface area contributed by atoms with Gasteiger partial charge in [0, 0.05) is 18.5 Å². The van der Waals surface area contributed by atoms with Crippen LogP contribution in [0.15, 0.2) is 42.7 Å². The fourth-order valence-electron chi connectivity index (χ4n) is 4.50. The number of rotatable bonds is 2. The van der Waals surface area contributed by atoms with E-state index in [9.17, 15) is 4.79 Å². The molecular formula is C22H23N5O. The average Bonchev–Trinajstić information content (AvgIpc) is 3.33. The van der Waals surface area contributed by atoms with Gasteiger partial charge in [0.2, 0.25) is 0 Å². The van der Waals surface area contributed by atoms with Gasteiger partial charge in [0.15, 0.2) is 0 Å². The Morgan fingerprint density at radius 3 is 2.75 bits per heavy atom. The highest BCUT2D eigenvalue weighted by Crippen LogP contribution is 2.43. The Labute approximate surface area is 163 Å². The molecule has 28 heavy (non-hydrogen) atoms. The first-order chi connectivity index (χ1) is 13.6. The van der Waals surface area contributed by atoms with Crippen LogP contribution in [-0.2, 0) is 5.41 Å². The van der Waals surface area contributed by atoms with Crippen molar-refractivity contribution in [3.05, 3.63) is 65.2 Å². The molecule has 0 radical (unpaired) electrons. The van der Waals surface area contributed by atoms with E-state index in [2.05, 4.69) is 65.3 Å². The van der Waals surface area contributed by atoms with Crippen molar-refractivity contribution in [3.63, 3.8) is 0 Å². The molecule has 1 saturated heterocycles. The highest BCUT2D eigenvalue weighted by Gasteiger charge is 2.39. The predicted octanol–water partition coefficient (Wildman–Crippen LogP) is 3.45. The Balaban J connectivity index is 1.40. The second-order valence-corrected chi connectivity index (χ2v) is 8.06. The summed E-state index contributed by atoms with van der Waals surface area (Å²) < 4.78 is 1.72. The molecule has 0 saturated carbocycles. The zero-order valence-electron chi connectivity index (χ0n) is 16.2. The zero-order chi connectivity index (χ0) is 19.3.